The third kappa shape index (κ3) is 2.79. The average Bonchev–Trinajstić information content (AvgIpc) is 2.90. The van der Waals surface area contributed by atoms with Crippen molar-refractivity contribution in [3.8, 4) is 0 Å². The number of aliphatic hydroxyl groups excluding tert-OH is 1. The van der Waals surface area contributed by atoms with Crippen molar-refractivity contribution < 1.29 is 9.90 Å². The largest absolute Gasteiger partial charge is 0.395 e. The smallest absolute Gasteiger partial charge is 0.274 e. The number of carbonyl (C=O) groups excluding carboxylic acids is 1. The van der Waals surface area contributed by atoms with Gasteiger partial charge in [0.2, 0.25) is 0 Å². The maximum absolute atomic E-state index is 12.2. The van der Waals surface area contributed by atoms with Crippen molar-refractivity contribution in [2.24, 2.45) is 0 Å². The van der Waals surface area contributed by atoms with Crippen LogP contribution in [0.5, 0.6) is 0 Å². The zero-order chi connectivity index (χ0) is 12.1. The number of amides is 1. The second-order valence-electron chi connectivity index (χ2n) is 4.25. The minimum absolute atomic E-state index is 0.0114. The van der Waals surface area contributed by atoms with Gasteiger partial charge < -0.3 is 10.0 Å². The Hall–Kier alpha value is -1.49. The van der Waals surface area contributed by atoms with Gasteiger partial charge in [0, 0.05) is 25.0 Å². The summed E-state index contributed by atoms with van der Waals surface area (Å²) in [6.07, 6.45) is 8.88. The minimum Gasteiger partial charge on any atom is -0.395 e. The zero-order valence-electron chi connectivity index (χ0n) is 9.75. The Bertz CT molecular complexity index is 363. The monoisotopic (exact) mass is 235 g/mol. The standard InChI is InChI=1S/C12H17N3O2/c16-8-7-15(10-3-1-2-4-10)12(17)11-9-13-5-6-14-11/h5-6,9-10,16H,1-4,7-8H2. The Morgan fingerprint density at radius 2 is 2.18 bits per heavy atom. The number of rotatable bonds is 4. The van der Waals surface area contributed by atoms with Gasteiger partial charge in [-0.3, -0.25) is 9.78 Å². The molecule has 1 aliphatic rings. The van der Waals surface area contributed by atoms with Gasteiger partial charge in [-0.15, -0.1) is 0 Å². The van der Waals surface area contributed by atoms with Crippen LogP contribution >= 0.6 is 0 Å². The van der Waals surface area contributed by atoms with E-state index in [0.29, 0.717) is 12.2 Å². The third-order valence-electron chi connectivity index (χ3n) is 3.15. The fourth-order valence-corrected chi connectivity index (χ4v) is 2.33. The summed E-state index contributed by atoms with van der Waals surface area (Å²) >= 11 is 0. The molecule has 0 saturated heterocycles. The van der Waals surface area contributed by atoms with Gasteiger partial charge in [0.1, 0.15) is 5.69 Å². The van der Waals surface area contributed by atoms with Crippen LogP contribution in [0.1, 0.15) is 36.2 Å². The van der Waals surface area contributed by atoms with Crippen LogP contribution in [0, 0.1) is 0 Å². The molecule has 1 aliphatic carbocycles. The molecule has 0 radical (unpaired) electrons. The van der Waals surface area contributed by atoms with Crippen molar-refractivity contribution >= 4 is 5.91 Å². The minimum atomic E-state index is -0.126. The Balaban J connectivity index is 2.12. The van der Waals surface area contributed by atoms with E-state index in [1.165, 1.54) is 12.4 Å². The van der Waals surface area contributed by atoms with Crippen LogP contribution in [0.2, 0.25) is 0 Å². The molecule has 5 heteroatoms. The maximum atomic E-state index is 12.2. The van der Waals surface area contributed by atoms with E-state index < -0.39 is 0 Å². The van der Waals surface area contributed by atoms with Gasteiger partial charge in [-0.25, -0.2) is 4.98 Å². The van der Waals surface area contributed by atoms with Gasteiger partial charge in [0.25, 0.3) is 5.91 Å². The van der Waals surface area contributed by atoms with Gasteiger partial charge in [-0.2, -0.15) is 0 Å². The fraction of sp³-hybridized carbons (Fsp3) is 0.583. The van der Waals surface area contributed by atoms with Crippen molar-refractivity contribution in [3.05, 3.63) is 24.3 Å². The topological polar surface area (TPSA) is 66.3 Å². The summed E-state index contributed by atoms with van der Waals surface area (Å²) in [6.45, 7) is 0.364. The molecule has 0 unspecified atom stereocenters. The lowest BCUT2D eigenvalue weighted by Gasteiger charge is -2.27. The molecule has 2 rings (SSSR count). The van der Waals surface area contributed by atoms with Crippen molar-refractivity contribution in [2.45, 2.75) is 31.7 Å². The van der Waals surface area contributed by atoms with Gasteiger partial charge >= 0.3 is 0 Å². The Morgan fingerprint density at radius 1 is 1.41 bits per heavy atom. The molecule has 1 fully saturated rings. The summed E-state index contributed by atoms with van der Waals surface area (Å²) in [4.78, 5) is 21.9. The fourth-order valence-electron chi connectivity index (χ4n) is 2.33. The highest BCUT2D eigenvalue weighted by Gasteiger charge is 2.27. The van der Waals surface area contributed by atoms with Gasteiger partial charge in [-0.05, 0) is 12.8 Å². The molecule has 1 heterocycles. The molecule has 1 aromatic heterocycles. The molecule has 0 aliphatic heterocycles. The average molecular weight is 235 g/mol. The van der Waals surface area contributed by atoms with Crippen LogP contribution in [-0.2, 0) is 0 Å². The van der Waals surface area contributed by atoms with E-state index in [9.17, 15) is 4.79 Å². The van der Waals surface area contributed by atoms with Gasteiger partial charge in [0.05, 0.1) is 12.8 Å². The number of carbonyl (C=O) groups is 1. The molecule has 0 spiro atoms. The number of hydrogen-bond donors (Lipinski definition) is 1. The molecule has 1 N–H and O–H groups in total. The second kappa shape index (κ2) is 5.72. The summed E-state index contributed by atoms with van der Waals surface area (Å²) < 4.78 is 0. The van der Waals surface area contributed by atoms with E-state index in [1.807, 2.05) is 0 Å². The van der Waals surface area contributed by atoms with Crippen molar-refractivity contribution in [3.63, 3.8) is 0 Å². The first-order valence-electron chi connectivity index (χ1n) is 6.01. The molecule has 1 amide bonds. The van der Waals surface area contributed by atoms with Crippen LogP contribution < -0.4 is 0 Å². The van der Waals surface area contributed by atoms with Gasteiger partial charge in [0.15, 0.2) is 0 Å². The molecule has 17 heavy (non-hydrogen) atoms. The van der Waals surface area contributed by atoms with E-state index >= 15 is 0 Å². The molecule has 0 atom stereocenters. The van der Waals surface area contributed by atoms with Crippen LogP contribution in [0.25, 0.3) is 0 Å². The molecular formula is C12H17N3O2. The highest BCUT2D eigenvalue weighted by atomic mass is 16.3. The van der Waals surface area contributed by atoms with Crippen molar-refractivity contribution in [1.29, 1.82) is 0 Å². The molecule has 1 saturated carbocycles. The van der Waals surface area contributed by atoms with E-state index in [-0.39, 0.29) is 18.6 Å². The van der Waals surface area contributed by atoms with E-state index in [1.54, 1.807) is 11.1 Å². The normalized spacial score (nSPS) is 16.1. The van der Waals surface area contributed by atoms with Crippen molar-refractivity contribution in [1.82, 2.24) is 14.9 Å². The lowest BCUT2D eigenvalue weighted by molar-refractivity contribution is 0.0631. The quantitative estimate of drug-likeness (QED) is 0.840. The molecule has 0 bridgehead atoms. The van der Waals surface area contributed by atoms with Crippen LogP contribution in [0.4, 0.5) is 0 Å². The van der Waals surface area contributed by atoms with E-state index in [0.717, 1.165) is 25.7 Å². The zero-order valence-corrected chi connectivity index (χ0v) is 9.75. The summed E-state index contributed by atoms with van der Waals surface area (Å²) in [5.41, 5.74) is 0.354. The molecule has 5 nitrogen and oxygen atoms in total. The number of aromatic nitrogens is 2. The Kier molecular flexibility index (Phi) is 4.03. The van der Waals surface area contributed by atoms with Crippen molar-refractivity contribution in [2.75, 3.05) is 13.2 Å². The van der Waals surface area contributed by atoms with E-state index in [2.05, 4.69) is 9.97 Å². The van der Waals surface area contributed by atoms with Crippen LogP contribution in [0.15, 0.2) is 18.6 Å². The Morgan fingerprint density at radius 3 is 2.76 bits per heavy atom. The van der Waals surface area contributed by atoms with Crippen LogP contribution in [0.3, 0.4) is 0 Å². The predicted octanol–water partition coefficient (Wildman–Crippen LogP) is 0.854. The first kappa shape index (κ1) is 12.0. The van der Waals surface area contributed by atoms with Crippen LogP contribution in [-0.4, -0.2) is 45.1 Å². The number of aliphatic hydroxyl groups is 1. The Labute approximate surface area is 100 Å². The highest BCUT2D eigenvalue weighted by Crippen LogP contribution is 2.24. The SMILES string of the molecule is O=C(c1cnccn1)N(CCO)C1CCCC1. The lowest BCUT2D eigenvalue weighted by Crippen LogP contribution is -2.41. The lowest BCUT2D eigenvalue weighted by atomic mass is 10.2. The maximum Gasteiger partial charge on any atom is 0.274 e. The third-order valence-corrected chi connectivity index (χ3v) is 3.15. The summed E-state index contributed by atoms with van der Waals surface area (Å²) in [7, 11) is 0. The number of hydrogen-bond acceptors (Lipinski definition) is 4. The van der Waals surface area contributed by atoms with E-state index in [4.69, 9.17) is 5.11 Å². The number of nitrogens with zero attached hydrogens (tertiary/aromatic N) is 3. The second-order valence-corrected chi connectivity index (χ2v) is 4.25. The highest BCUT2D eigenvalue weighted by molar-refractivity contribution is 5.92. The summed E-state index contributed by atoms with van der Waals surface area (Å²) in [6, 6.07) is 0.247. The first-order valence-corrected chi connectivity index (χ1v) is 6.01. The molecule has 1 aromatic rings. The molecule has 0 aromatic carbocycles. The molecule has 92 valence electrons. The molecular weight excluding hydrogens is 218 g/mol. The predicted molar refractivity (Wildman–Crippen MR) is 62.4 cm³/mol. The van der Waals surface area contributed by atoms with Gasteiger partial charge in [-0.1, -0.05) is 12.8 Å². The summed E-state index contributed by atoms with van der Waals surface area (Å²) in [5.74, 6) is -0.126. The first-order chi connectivity index (χ1) is 8.33. The summed E-state index contributed by atoms with van der Waals surface area (Å²) in [5, 5.41) is 9.06.